The molecule has 1 aromatic carbocycles. The standard InChI is InChI=1S/C12H14BrFN2O/c13-12-8(2-1-3-10(12)14)6-15-7-11(17)16-9-4-5-9/h1-3,9,15H,4-7H2,(H,16,17). The van der Waals surface area contributed by atoms with Gasteiger partial charge in [-0.25, -0.2) is 4.39 Å². The fraction of sp³-hybridized carbons (Fsp3) is 0.417. The van der Waals surface area contributed by atoms with Gasteiger partial charge < -0.3 is 10.6 Å². The molecule has 3 nitrogen and oxygen atoms in total. The van der Waals surface area contributed by atoms with E-state index in [1.807, 2.05) is 6.07 Å². The van der Waals surface area contributed by atoms with Crippen LogP contribution in [-0.4, -0.2) is 18.5 Å². The number of carbonyl (C=O) groups is 1. The van der Waals surface area contributed by atoms with E-state index in [0.29, 0.717) is 17.1 Å². The maximum Gasteiger partial charge on any atom is 0.234 e. The monoisotopic (exact) mass is 300 g/mol. The zero-order valence-electron chi connectivity index (χ0n) is 9.30. The number of amides is 1. The lowest BCUT2D eigenvalue weighted by molar-refractivity contribution is -0.120. The zero-order valence-corrected chi connectivity index (χ0v) is 10.9. The van der Waals surface area contributed by atoms with Crippen LogP contribution in [0.25, 0.3) is 0 Å². The number of nitrogens with one attached hydrogen (secondary N) is 2. The first-order chi connectivity index (χ1) is 8.16. The average molecular weight is 301 g/mol. The van der Waals surface area contributed by atoms with Gasteiger partial charge in [0.15, 0.2) is 0 Å². The molecule has 17 heavy (non-hydrogen) atoms. The fourth-order valence-corrected chi connectivity index (χ4v) is 1.91. The molecule has 5 heteroatoms. The van der Waals surface area contributed by atoms with Crippen LogP contribution in [0.3, 0.4) is 0 Å². The van der Waals surface area contributed by atoms with Crippen LogP contribution in [-0.2, 0) is 11.3 Å². The Bertz CT molecular complexity index is 421. The first-order valence-corrected chi connectivity index (χ1v) is 6.39. The minimum absolute atomic E-state index is 0.0000236. The van der Waals surface area contributed by atoms with Crippen molar-refractivity contribution < 1.29 is 9.18 Å². The summed E-state index contributed by atoms with van der Waals surface area (Å²) in [5.41, 5.74) is 0.809. The molecule has 0 spiro atoms. The number of hydrogen-bond donors (Lipinski definition) is 2. The number of carbonyl (C=O) groups excluding carboxylic acids is 1. The summed E-state index contributed by atoms with van der Waals surface area (Å²) in [6.45, 7) is 0.732. The van der Waals surface area contributed by atoms with E-state index in [4.69, 9.17) is 0 Å². The maximum absolute atomic E-state index is 13.2. The lowest BCUT2D eigenvalue weighted by Gasteiger charge is -2.07. The number of benzene rings is 1. The Morgan fingerprint density at radius 1 is 1.47 bits per heavy atom. The predicted octanol–water partition coefficient (Wildman–Crippen LogP) is 1.96. The molecule has 1 saturated carbocycles. The van der Waals surface area contributed by atoms with Crippen molar-refractivity contribution in [2.45, 2.75) is 25.4 Å². The summed E-state index contributed by atoms with van der Waals surface area (Å²) >= 11 is 3.18. The molecule has 0 unspecified atom stereocenters. The maximum atomic E-state index is 13.2. The second-order valence-corrected chi connectivity index (χ2v) is 4.95. The Balaban J connectivity index is 1.77. The molecular weight excluding hydrogens is 287 g/mol. The first-order valence-electron chi connectivity index (χ1n) is 5.60. The molecule has 1 amide bonds. The summed E-state index contributed by atoms with van der Waals surface area (Å²) in [4.78, 5) is 11.4. The van der Waals surface area contributed by atoms with Gasteiger partial charge in [-0.05, 0) is 40.4 Å². The van der Waals surface area contributed by atoms with Crippen molar-refractivity contribution in [3.63, 3.8) is 0 Å². The predicted molar refractivity (Wildman–Crippen MR) is 67.0 cm³/mol. The van der Waals surface area contributed by atoms with Gasteiger partial charge in [-0.15, -0.1) is 0 Å². The van der Waals surface area contributed by atoms with Crippen LogP contribution in [0.2, 0.25) is 0 Å². The lowest BCUT2D eigenvalue weighted by atomic mass is 10.2. The third-order valence-corrected chi connectivity index (χ3v) is 3.46. The summed E-state index contributed by atoms with van der Waals surface area (Å²) < 4.78 is 13.6. The Morgan fingerprint density at radius 3 is 2.94 bits per heavy atom. The molecule has 0 aliphatic heterocycles. The molecule has 0 radical (unpaired) electrons. The zero-order chi connectivity index (χ0) is 12.3. The van der Waals surface area contributed by atoms with Crippen LogP contribution < -0.4 is 10.6 Å². The van der Waals surface area contributed by atoms with Crippen molar-refractivity contribution in [3.05, 3.63) is 34.1 Å². The van der Waals surface area contributed by atoms with Crippen molar-refractivity contribution in [2.75, 3.05) is 6.54 Å². The Kier molecular flexibility index (Phi) is 4.12. The molecular formula is C12H14BrFN2O. The van der Waals surface area contributed by atoms with Crippen LogP contribution in [0.5, 0.6) is 0 Å². The highest BCUT2D eigenvalue weighted by Crippen LogP contribution is 2.20. The molecule has 92 valence electrons. The average Bonchev–Trinajstić information content (AvgIpc) is 3.08. The molecule has 1 aliphatic carbocycles. The summed E-state index contributed by atoms with van der Waals surface area (Å²) in [7, 11) is 0. The number of rotatable bonds is 5. The molecule has 0 bridgehead atoms. The molecule has 1 fully saturated rings. The Hall–Kier alpha value is -0.940. The minimum Gasteiger partial charge on any atom is -0.352 e. The largest absolute Gasteiger partial charge is 0.352 e. The van der Waals surface area contributed by atoms with Gasteiger partial charge in [-0.3, -0.25) is 4.79 Å². The van der Waals surface area contributed by atoms with Gasteiger partial charge in [0.1, 0.15) is 5.82 Å². The smallest absolute Gasteiger partial charge is 0.234 e. The van der Waals surface area contributed by atoms with Crippen LogP contribution >= 0.6 is 15.9 Å². The van der Waals surface area contributed by atoms with Crippen molar-refractivity contribution >= 4 is 21.8 Å². The van der Waals surface area contributed by atoms with E-state index < -0.39 is 0 Å². The molecule has 0 aromatic heterocycles. The highest BCUT2D eigenvalue weighted by molar-refractivity contribution is 9.10. The van der Waals surface area contributed by atoms with Crippen LogP contribution in [0.4, 0.5) is 4.39 Å². The van der Waals surface area contributed by atoms with E-state index in [9.17, 15) is 9.18 Å². The first kappa shape index (κ1) is 12.5. The molecule has 2 N–H and O–H groups in total. The number of halogens is 2. The van der Waals surface area contributed by atoms with Crippen LogP contribution in [0.1, 0.15) is 18.4 Å². The van der Waals surface area contributed by atoms with Crippen LogP contribution in [0, 0.1) is 5.82 Å². The summed E-state index contributed by atoms with van der Waals surface area (Å²) in [6, 6.07) is 5.25. The van der Waals surface area contributed by atoms with E-state index in [-0.39, 0.29) is 18.3 Å². The quantitative estimate of drug-likeness (QED) is 0.873. The number of hydrogen-bond acceptors (Lipinski definition) is 2. The molecule has 1 aliphatic rings. The lowest BCUT2D eigenvalue weighted by Crippen LogP contribution is -2.34. The topological polar surface area (TPSA) is 41.1 Å². The minimum atomic E-state index is -0.285. The van der Waals surface area contributed by atoms with E-state index in [1.165, 1.54) is 6.07 Å². The second kappa shape index (κ2) is 5.60. The summed E-state index contributed by atoms with van der Waals surface area (Å²) in [5, 5.41) is 5.87. The van der Waals surface area contributed by atoms with Crippen molar-refractivity contribution in [3.8, 4) is 0 Å². The van der Waals surface area contributed by atoms with Gasteiger partial charge in [-0.1, -0.05) is 12.1 Å². The Morgan fingerprint density at radius 2 is 2.24 bits per heavy atom. The van der Waals surface area contributed by atoms with E-state index in [1.54, 1.807) is 6.07 Å². The van der Waals surface area contributed by atoms with E-state index >= 15 is 0 Å². The molecule has 0 atom stereocenters. The SMILES string of the molecule is O=C(CNCc1cccc(F)c1Br)NC1CC1. The third-order valence-electron chi connectivity index (χ3n) is 2.58. The summed E-state index contributed by atoms with van der Waals surface area (Å²) in [6.07, 6.45) is 2.17. The molecule has 2 rings (SSSR count). The van der Waals surface area contributed by atoms with Gasteiger partial charge in [-0.2, -0.15) is 0 Å². The third kappa shape index (κ3) is 3.78. The van der Waals surface area contributed by atoms with Crippen molar-refractivity contribution in [1.82, 2.24) is 10.6 Å². The second-order valence-electron chi connectivity index (χ2n) is 4.16. The molecule has 0 heterocycles. The van der Waals surface area contributed by atoms with Gasteiger partial charge in [0.2, 0.25) is 5.91 Å². The van der Waals surface area contributed by atoms with Gasteiger partial charge >= 0.3 is 0 Å². The van der Waals surface area contributed by atoms with E-state index in [0.717, 1.165) is 18.4 Å². The van der Waals surface area contributed by atoms with Gasteiger partial charge in [0, 0.05) is 12.6 Å². The molecule has 0 saturated heterocycles. The normalized spacial score (nSPS) is 14.7. The van der Waals surface area contributed by atoms with E-state index in [2.05, 4.69) is 26.6 Å². The van der Waals surface area contributed by atoms with Crippen molar-refractivity contribution in [2.24, 2.45) is 0 Å². The van der Waals surface area contributed by atoms with Gasteiger partial charge in [0.25, 0.3) is 0 Å². The highest BCUT2D eigenvalue weighted by atomic mass is 79.9. The highest BCUT2D eigenvalue weighted by Gasteiger charge is 2.22. The molecule has 1 aromatic rings. The van der Waals surface area contributed by atoms with Crippen LogP contribution in [0.15, 0.2) is 22.7 Å². The fourth-order valence-electron chi connectivity index (χ4n) is 1.50. The van der Waals surface area contributed by atoms with Crippen molar-refractivity contribution in [1.29, 1.82) is 0 Å². The van der Waals surface area contributed by atoms with Gasteiger partial charge in [0.05, 0.1) is 11.0 Å². The Labute approximate surface area is 108 Å². The summed E-state index contributed by atoms with van der Waals surface area (Å²) in [5.74, 6) is -0.285.